The first-order valence-corrected chi connectivity index (χ1v) is 4.16. The van der Waals surface area contributed by atoms with Crippen LogP contribution < -0.4 is 0 Å². The fourth-order valence-electron chi connectivity index (χ4n) is 1.73. The predicted molar refractivity (Wildman–Crippen MR) is 42.5 cm³/mol. The molecule has 0 aromatic carbocycles. The summed E-state index contributed by atoms with van der Waals surface area (Å²) in [6, 6.07) is 0. The number of allylic oxidation sites excluding steroid dienone is 2. The molecular weight excluding hydrogens is 175 g/mol. The van der Waals surface area contributed by atoms with Crippen LogP contribution in [0.3, 0.4) is 0 Å². The molecule has 4 heteroatoms. The summed E-state index contributed by atoms with van der Waals surface area (Å²) in [6.45, 7) is 0.498. The van der Waals surface area contributed by atoms with E-state index in [-0.39, 0.29) is 11.5 Å². The number of halogens is 1. The molecule has 0 aromatic heterocycles. The van der Waals surface area contributed by atoms with Crippen molar-refractivity contribution in [3.8, 4) is 0 Å². The second-order valence-corrected chi connectivity index (χ2v) is 3.17. The van der Waals surface area contributed by atoms with Crippen LogP contribution in [0.2, 0.25) is 0 Å². The molecule has 1 fully saturated rings. The van der Waals surface area contributed by atoms with Crippen molar-refractivity contribution in [1.29, 1.82) is 0 Å². The highest BCUT2D eigenvalue weighted by atomic mass is 19.1. The molecule has 1 saturated heterocycles. The van der Waals surface area contributed by atoms with E-state index in [0.29, 0.717) is 18.8 Å². The maximum atomic E-state index is 13.1. The lowest BCUT2D eigenvalue weighted by atomic mass is 9.92. The Hall–Kier alpha value is -1.32. The third kappa shape index (κ3) is 1.22. The summed E-state index contributed by atoms with van der Waals surface area (Å²) in [5.41, 5.74) is -0.284. The number of carboxylic acids is 1. The zero-order valence-electron chi connectivity index (χ0n) is 6.92. The molecule has 2 aliphatic rings. The molecule has 1 atom stereocenters. The lowest BCUT2D eigenvalue weighted by Gasteiger charge is -2.15. The number of carbonyl (C=O) groups is 1. The van der Waals surface area contributed by atoms with E-state index in [9.17, 15) is 9.18 Å². The van der Waals surface area contributed by atoms with Gasteiger partial charge in [0.1, 0.15) is 17.2 Å². The van der Waals surface area contributed by atoms with Gasteiger partial charge in [-0.3, -0.25) is 0 Å². The fraction of sp³-hybridized carbons (Fsp3) is 0.444. The van der Waals surface area contributed by atoms with Crippen molar-refractivity contribution in [2.75, 3.05) is 6.61 Å². The summed E-state index contributed by atoms with van der Waals surface area (Å²) < 4.78 is 18.2. The Morgan fingerprint density at radius 2 is 2.46 bits per heavy atom. The standard InChI is InChI=1S/C9H9FO3/c10-6-2-1-5-3-4-13-8(5)7(6)9(11)12/h2,5H,1,3-4H2,(H,11,12). The van der Waals surface area contributed by atoms with Gasteiger partial charge in [-0.2, -0.15) is 0 Å². The Morgan fingerprint density at radius 3 is 3.15 bits per heavy atom. The van der Waals surface area contributed by atoms with Gasteiger partial charge in [0.05, 0.1) is 6.61 Å². The molecule has 0 spiro atoms. The number of hydrogen-bond acceptors (Lipinski definition) is 2. The molecule has 1 aliphatic carbocycles. The van der Waals surface area contributed by atoms with Crippen molar-refractivity contribution >= 4 is 5.97 Å². The Morgan fingerprint density at radius 1 is 1.69 bits per heavy atom. The molecule has 0 radical (unpaired) electrons. The minimum absolute atomic E-state index is 0.0746. The summed E-state index contributed by atoms with van der Waals surface area (Å²) in [5, 5.41) is 8.74. The normalized spacial score (nSPS) is 26.5. The van der Waals surface area contributed by atoms with Gasteiger partial charge in [-0.25, -0.2) is 9.18 Å². The molecule has 13 heavy (non-hydrogen) atoms. The quantitative estimate of drug-likeness (QED) is 0.673. The number of carboxylic acid groups (broad SMARTS) is 1. The molecule has 1 unspecified atom stereocenters. The maximum Gasteiger partial charge on any atom is 0.342 e. The first-order valence-electron chi connectivity index (χ1n) is 4.16. The molecule has 0 aromatic rings. The highest BCUT2D eigenvalue weighted by molar-refractivity contribution is 5.92. The van der Waals surface area contributed by atoms with Crippen LogP contribution in [0.5, 0.6) is 0 Å². The van der Waals surface area contributed by atoms with Gasteiger partial charge >= 0.3 is 5.97 Å². The van der Waals surface area contributed by atoms with E-state index in [1.807, 2.05) is 0 Å². The van der Waals surface area contributed by atoms with Crippen LogP contribution in [-0.2, 0) is 9.53 Å². The van der Waals surface area contributed by atoms with Crippen molar-refractivity contribution in [1.82, 2.24) is 0 Å². The van der Waals surface area contributed by atoms with Gasteiger partial charge in [0.25, 0.3) is 0 Å². The molecule has 1 heterocycles. The lowest BCUT2D eigenvalue weighted by Crippen LogP contribution is -2.13. The molecule has 1 aliphatic heterocycles. The zero-order chi connectivity index (χ0) is 9.42. The number of aliphatic carboxylic acids is 1. The molecular formula is C9H9FO3. The average molecular weight is 184 g/mol. The minimum atomic E-state index is -1.24. The average Bonchev–Trinajstić information content (AvgIpc) is 2.50. The molecule has 1 N–H and O–H groups in total. The summed E-state index contributed by atoms with van der Waals surface area (Å²) in [4.78, 5) is 10.7. The second kappa shape index (κ2) is 2.87. The van der Waals surface area contributed by atoms with E-state index in [1.54, 1.807) is 0 Å². The maximum absolute atomic E-state index is 13.1. The minimum Gasteiger partial charge on any atom is -0.497 e. The van der Waals surface area contributed by atoms with Gasteiger partial charge in [-0.1, -0.05) is 0 Å². The van der Waals surface area contributed by atoms with E-state index in [1.165, 1.54) is 6.08 Å². The molecule has 2 rings (SSSR count). The van der Waals surface area contributed by atoms with Crippen LogP contribution in [-0.4, -0.2) is 17.7 Å². The van der Waals surface area contributed by atoms with Crippen molar-refractivity contribution < 1.29 is 19.0 Å². The first-order chi connectivity index (χ1) is 6.20. The summed E-state index contributed by atoms with van der Waals surface area (Å²) in [5.74, 6) is -1.51. The third-order valence-electron chi connectivity index (χ3n) is 2.38. The van der Waals surface area contributed by atoms with Gasteiger partial charge in [-0.05, 0) is 18.9 Å². The van der Waals surface area contributed by atoms with Crippen LogP contribution in [0.25, 0.3) is 0 Å². The van der Waals surface area contributed by atoms with Crippen LogP contribution in [0.15, 0.2) is 23.2 Å². The highest BCUT2D eigenvalue weighted by Gasteiger charge is 2.33. The largest absolute Gasteiger partial charge is 0.497 e. The van der Waals surface area contributed by atoms with Crippen LogP contribution in [0.4, 0.5) is 4.39 Å². The van der Waals surface area contributed by atoms with Crippen molar-refractivity contribution in [2.24, 2.45) is 5.92 Å². The second-order valence-electron chi connectivity index (χ2n) is 3.17. The lowest BCUT2D eigenvalue weighted by molar-refractivity contribution is -0.132. The van der Waals surface area contributed by atoms with E-state index < -0.39 is 11.8 Å². The van der Waals surface area contributed by atoms with Crippen molar-refractivity contribution in [2.45, 2.75) is 12.8 Å². The van der Waals surface area contributed by atoms with E-state index in [4.69, 9.17) is 9.84 Å². The van der Waals surface area contributed by atoms with E-state index in [0.717, 1.165) is 6.42 Å². The molecule has 0 amide bonds. The number of hydrogen-bond donors (Lipinski definition) is 1. The highest BCUT2D eigenvalue weighted by Crippen LogP contribution is 2.37. The Bertz CT molecular complexity index is 317. The Kier molecular flexibility index (Phi) is 1.83. The monoisotopic (exact) mass is 184 g/mol. The van der Waals surface area contributed by atoms with Gasteiger partial charge < -0.3 is 9.84 Å². The number of fused-ring (bicyclic) bond motifs is 1. The molecule has 70 valence electrons. The molecule has 3 nitrogen and oxygen atoms in total. The number of rotatable bonds is 1. The molecule has 0 bridgehead atoms. The van der Waals surface area contributed by atoms with E-state index >= 15 is 0 Å². The summed E-state index contributed by atoms with van der Waals surface area (Å²) in [7, 11) is 0. The van der Waals surface area contributed by atoms with Crippen LogP contribution >= 0.6 is 0 Å². The van der Waals surface area contributed by atoms with Gasteiger partial charge in [0.15, 0.2) is 0 Å². The van der Waals surface area contributed by atoms with Crippen molar-refractivity contribution in [3.05, 3.63) is 23.2 Å². The predicted octanol–water partition coefficient (Wildman–Crippen LogP) is 1.62. The summed E-state index contributed by atoms with van der Waals surface area (Å²) >= 11 is 0. The van der Waals surface area contributed by atoms with E-state index in [2.05, 4.69) is 0 Å². The SMILES string of the molecule is O=C(O)C1=C2OCCC2CC=C1F. The first kappa shape index (κ1) is 8.29. The topological polar surface area (TPSA) is 46.5 Å². The fourth-order valence-corrected chi connectivity index (χ4v) is 1.73. The van der Waals surface area contributed by atoms with Crippen molar-refractivity contribution in [3.63, 3.8) is 0 Å². The van der Waals surface area contributed by atoms with Crippen LogP contribution in [0, 0.1) is 5.92 Å². The van der Waals surface area contributed by atoms with Crippen LogP contribution in [0.1, 0.15) is 12.8 Å². The van der Waals surface area contributed by atoms with Gasteiger partial charge in [0.2, 0.25) is 0 Å². The Labute approximate surface area is 74.5 Å². The smallest absolute Gasteiger partial charge is 0.342 e. The van der Waals surface area contributed by atoms with Gasteiger partial charge in [-0.15, -0.1) is 0 Å². The van der Waals surface area contributed by atoms with Gasteiger partial charge in [0, 0.05) is 5.92 Å². The Balaban J connectivity index is 2.44. The number of ether oxygens (including phenoxy) is 1. The zero-order valence-corrected chi connectivity index (χ0v) is 6.92. The molecule has 0 saturated carbocycles. The third-order valence-corrected chi connectivity index (χ3v) is 2.38. The summed E-state index contributed by atoms with van der Waals surface area (Å²) in [6.07, 6.45) is 2.67.